The molecule has 8 heteroatoms. The first-order valence-corrected chi connectivity index (χ1v) is 5.16. The number of carbonyl (C=O) groups is 1. The van der Waals surface area contributed by atoms with Crippen molar-refractivity contribution in [1.82, 2.24) is 10.4 Å². The monoisotopic (exact) mass is 228 g/mol. The molecule has 7 nitrogen and oxygen atoms in total. The molecule has 1 amide bonds. The van der Waals surface area contributed by atoms with Crippen LogP contribution in [0.3, 0.4) is 0 Å². The highest BCUT2D eigenvalue weighted by atomic mass is 32.1. The average Bonchev–Trinajstić information content (AvgIpc) is 2.66. The van der Waals surface area contributed by atoms with Gasteiger partial charge in [0, 0.05) is 13.0 Å². The molecule has 1 aromatic rings. The summed E-state index contributed by atoms with van der Waals surface area (Å²) in [6.45, 7) is 0.635. The van der Waals surface area contributed by atoms with Gasteiger partial charge in [-0.05, 0) is 17.8 Å². The zero-order valence-electron chi connectivity index (χ0n) is 7.67. The van der Waals surface area contributed by atoms with Gasteiger partial charge in [-0.25, -0.2) is 4.98 Å². The van der Waals surface area contributed by atoms with Crippen LogP contribution in [0.1, 0.15) is 12.8 Å². The topological polar surface area (TPSA) is 88.4 Å². The number of nitro groups is 1. The fourth-order valence-electron chi connectivity index (χ4n) is 1.27. The van der Waals surface area contributed by atoms with E-state index in [-0.39, 0.29) is 10.9 Å². The second-order valence-electron chi connectivity index (χ2n) is 3.03. The Bertz CT molecular complexity index is 405. The second kappa shape index (κ2) is 3.81. The van der Waals surface area contributed by atoms with Gasteiger partial charge in [0.05, 0.1) is 4.92 Å². The number of carbonyl (C=O) groups excluding carboxylic acids is 1. The van der Waals surface area contributed by atoms with E-state index in [0.29, 0.717) is 18.1 Å². The van der Waals surface area contributed by atoms with Crippen molar-refractivity contribution in [3.8, 4) is 0 Å². The van der Waals surface area contributed by atoms with Crippen molar-refractivity contribution >= 4 is 27.4 Å². The maximum atomic E-state index is 11.1. The van der Waals surface area contributed by atoms with Gasteiger partial charge in [0.1, 0.15) is 6.20 Å². The van der Waals surface area contributed by atoms with Crippen molar-refractivity contribution in [2.75, 3.05) is 11.6 Å². The van der Waals surface area contributed by atoms with Gasteiger partial charge in [-0.15, -0.1) is 0 Å². The number of amides is 1. The molecule has 0 bridgehead atoms. The van der Waals surface area contributed by atoms with E-state index in [1.54, 1.807) is 5.01 Å². The molecule has 1 saturated heterocycles. The maximum Gasteiger partial charge on any atom is 0.345 e. The first kappa shape index (κ1) is 9.84. The summed E-state index contributed by atoms with van der Waals surface area (Å²) in [6, 6.07) is 0. The fourth-order valence-corrected chi connectivity index (χ4v) is 1.99. The molecule has 80 valence electrons. The number of hydrazine groups is 1. The number of thiazole rings is 1. The lowest BCUT2D eigenvalue weighted by Crippen LogP contribution is -2.46. The molecule has 0 saturated carbocycles. The van der Waals surface area contributed by atoms with Crippen LogP contribution >= 0.6 is 11.3 Å². The summed E-state index contributed by atoms with van der Waals surface area (Å²) >= 11 is 0.951. The number of anilines is 1. The van der Waals surface area contributed by atoms with Crippen LogP contribution in [0.5, 0.6) is 0 Å². The molecule has 0 unspecified atom stereocenters. The van der Waals surface area contributed by atoms with Crippen LogP contribution in [0.15, 0.2) is 6.20 Å². The van der Waals surface area contributed by atoms with Gasteiger partial charge < -0.3 is 0 Å². The standard InChI is InChI=1S/C7H8N4O3S/c12-5-2-1-3-10(9-5)7-8-4-6(15-7)11(13)14/h4H,1-3H2,(H,9,12). The summed E-state index contributed by atoms with van der Waals surface area (Å²) in [5.74, 6) is -0.0842. The lowest BCUT2D eigenvalue weighted by molar-refractivity contribution is -0.380. The first-order valence-electron chi connectivity index (χ1n) is 4.34. The van der Waals surface area contributed by atoms with Gasteiger partial charge >= 0.3 is 5.00 Å². The van der Waals surface area contributed by atoms with E-state index in [1.165, 1.54) is 6.20 Å². The van der Waals surface area contributed by atoms with Crippen LogP contribution in [-0.4, -0.2) is 22.4 Å². The third kappa shape index (κ3) is 2.04. The van der Waals surface area contributed by atoms with E-state index in [0.717, 1.165) is 17.8 Å². The smallest absolute Gasteiger partial charge is 0.273 e. The number of hydrogen-bond donors (Lipinski definition) is 1. The number of nitrogens with zero attached hydrogens (tertiary/aromatic N) is 3. The van der Waals surface area contributed by atoms with Crippen LogP contribution in [-0.2, 0) is 4.79 Å². The van der Waals surface area contributed by atoms with Gasteiger partial charge in [-0.2, -0.15) is 0 Å². The Morgan fingerprint density at radius 1 is 1.67 bits per heavy atom. The van der Waals surface area contributed by atoms with Crippen LogP contribution in [0.4, 0.5) is 10.1 Å². The molecule has 1 fully saturated rings. The van der Waals surface area contributed by atoms with Crippen molar-refractivity contribution in [3.05, 3.63) is 16.3 Å². The molecule has 15 heavy (non-hydrogen) atoms. The molecule has 0 aromatic carbocycles. The third-order valence-corrected chi connectivity index (χ3v) is 2.91. The lowest BCUT2D eigenvalue weighted by atomic mass is 10.2. The first-order chi connectivity index (χ1) is 7.16. The van der Waals surface area contributed by atoms with Crippen LogP contribution < -0.4 is 10.4 Å². The number of aromatic nitrogens is 1. The molecule has 0 atom stereocenters. The number of rotatable bonds is 2. The predicted octanol–water partition coefficient (Wildman–Crippen LogP) is 0.683. The lowest BCUT2D eigenvalue weighted by Gasteiger charge is -2.26. The third-order valence-electron chi connectivity index (χ3n) is 1.94. The predicted molar refractivity (Wildman–Crippen MR) is 53.5 cm³/mol. The summed E-state index contributed by atoms with van der Waals surface area (Å²) in [6.07, 6.45) is 2.42. The fraction of sp³-hybridized carbons (Fsp3) is 0.429. The van der Waals surface area contributed by atoms with E-state index in [9.17, 15) is 14.9 Å². The number of nitrogens with one attached hydrogen (secondary N) is 1. The minimum Gasteiger partial charge on any atom is -0.273 e. The average molecular weight is 228 g/mol. The highest BCUT2D eigenvalue weighted by Crippen LogP contribution is 2.28. The zero-order valence-corrected chi connectivity index (χ0v) is 8.49. The summed E-state index contributed by atoms with van der Waals surface area (Å²) < 4.78 is 0. The molecule has 2 rings (SSSR count). The molecular formula is C7H8N4O3S. The number of hydrogen-bond acceptors (Lipinski definition) is 6. The van der Waals surface area contributed by atoms with Crippen molar-refractivity contribution < 1.29 is 9.72 Å². The van der Waals surface area contributed by atoms with Crippen molar-refractivity contribution in [2.24, 2.45) is 0 Å². The SMILES string of the molecule is O=C1CCCN(c2ncc([N+](=O)[O-])s2)N1. The molecule has 0 radical (unpaired) electrons. The maximum absolute atomic E-state index is 11.1. The Kier molecular flexibility index (Phi) is 2.50. The highest BCUT2D eigenvalue weighted by Gasteiger charge is 2.21. The Balaban J connectivity index is 2.14. The molecule has 1 aliphatic rings. The zero-order chi connectivity index (χ0) is 10.8. The van der Waals surface area contributed by atoms with Gasteiger partial charge in [0.2, 0.25) is 11.0 Å². The summed E-state index contributed by atoms with van der Waals surface area (Å²) in [4.78, 5) is 24.9. The second-order valence-corrected chi connectivity index (χ2v) is 4.02. The molecular weight excluding hydrogens is 220 g/mol. The van der Waals surface area contributed by atoms with E-state index in [1.807, 2.05) is 0 Å². The van der Waals surface area contributed by atoms with E-state index < -0.39 is 4.92 Å². The molecule has 1 aliphatic heterocycles. The van der Waals surface area contributed by atoms with E-state index >= 15 is 0 Å². The van der Waals surface area contributed by atoms with Crippen molar-refractivity contribution in [1.29, 1.82) is 0 Å². The Labute approximate surface area is 88.8 Å². The molecule has 0 aliphatic carbocycles. The minimum atomic E-state index is -0.493. The molecule has 2 heterocycles. The minimum absolute atomic E-state index is 0.0233. The molecule has 1 N–H and O–H groups in total. The summed E-state index contributed by atoms with van der Waals surface area (Å²) in [5, 5.41) is 12.4. The highest BCUT2D eigenvalue weighted by molar-refractivity contribution is 7.18. The van der Waals surface area contributed by atoms with Crippen molar-refractivity contribution in [3.63, 3.8) is 0 Å². The van der Waals surface area contributed by atoms with Gasteiger partial charge in [-0.1, -0.05) is 0 Å². The van der Waals surface area contributed by atoms with Crippen molar-refractivity contribution in [2.45, 2.75) is 12.8 Å². The van der Waals surface area contributed by atoms with Gasteiger partial charge in [-0.3, -0.25) is 25.3 Å². The van der Waals surface area contributed by atoms with E-state index in [4.69, 9.17) is 0 Å². The van der Waals surface area contributed by atoms with Crippen LogP contribution in [0.25, 0.3) is 0 Å². The molecule has 0 spiro atoms. The largest absolute Gasteiger partial charge is 0.345 e. The summed E-state index contributed by atoms with van der Waals surface area (Å²) in [5.41, 5.74) is 2.60. The Morgan fingerprint density at radius 3 is 3.07 bits per heavy atom. The van der Waals surface area contributed by atoms with Gasteiger partial charge in [0.15, 0.2) is 0 Å². The van der Waals surface area contributed by atoms with Crippen LogP contribution in [0.2, 0.25) is 0 Å². The normalized spacial score (nSPS) is 16.3. The van der Waals surface area contributed by atoms with E-state index in [2.05, 4.69) is 10.4 Å². The van der Waals surface area contributed by atoms with Crippen LogP contribution in [0, 0.1) is 10.1 Å². The van der Waals surface area contributed by atoms with Gasteiger partial charge in [0.25, 0.3) is 0 Å². The summed E-state index contributed by atoms with van der Waals surface area (Å²) in [7, 11) is 0. The Morgan fingerprint density at radius 2 is 2.47 bits per heavy atom. The quantitative estimate of drug-likeness (QED) is 0.594. The molecule has 1 aromatic heterocycles. The Hall–Kier alpha value is -1.70.